The highest BCUT2D eigenvalue weighted by Crippen LogP contribution is 2.34. The lowest BCUT2D eigenvalue weighted by Crippen LogP contribution is -2.40. The van der Waals surface area contributed by atoms with E-state index < -0.39 is 8.07 Å². The van der Waals surface area contributed by atoms with Gasteiger partial charge in [0.25, 0.3) is 0 Å². The summed E-state index contributed by atoms with van der Waals surface area (Å²) in [6.07, 6.45) is 0. The summed E-state index contributed by atoms with van der Waals surface area (Å²) < 4.78 is 0. The SMILES string of the molecule is CC[Si](C)(C)c1ccc2ccc3cccc4ccc1c2c34. The molecule has 4 rings (SSSR count). The topological polar surface area (TPSA) is 0 Å². The van der Waals surface area contributed by atoms with Gasteiger partial charge in [0.2, 0.25) is 0 Å². The summed E-state index contributed by atoms with van der Waals surface area (Å²) in [7, 11) is -1.35. The number of hydrogen-bond acceptors (Lipinski definition) is 0. The van der Waals surface area contributed by atoms with Gasteiger partial charge in [-0.1, -0.05) is 85.8 Å². The van der Waals surface area contributed by atoms with Crippen LogP contribution in [0.5, 0.6) is 0 Å². The van der Waals surface area contributed by atoms with Crippen molar-refractivity contribution in [1.82, 2.24) is 0 Å². The van der Waals surface area contributed by atoms with Crippen LogP contribution in [-0.2, 0) is 0 Å². The fourth-order valence-corrected chi connectivity index (χ4v) is 5.37. The Morgan fingerprint density at radius 2 is 1.29 bits per heavy atom. The average Bonchev–Trinajstić information content (AvgIpc) is 2.52. The first-order chi connectivity index (χ1) is 10.1. The van der Waals surface area contributed by atoms with E-state index in [0.29, 0.717) is 0 Å². The van der Waals surface area contributed by atoms with E-state index in [1.165, 1.54) is 38.4 Å². The van der Waals surface area contributed by atoms with Crippen LogP contribution in [0.4, 0.5) is 0 Å². The van der Waals surface area contributed by atoms with Crippen LogP contribution >= 0.6 is 0 Å². The fraction of sp³-hybridized carbons (Fsp3) is 0.200. The Labute approximate surface area is 126 Å². The molecule has 0 heterocycles. The van der Waals surface area contributed by atoms with E-state index in [4.69, 9.17) is 0 Å². The zero-order valence-electron chi connectivity index (χ0n) is 12.9. The van der Waals surface area contributed by atoms with Crippen molar-refractivity contribution in [3.63, 3.8) is 0 Å². The van der Waals surface area contributed by atoms with E-state index >= 15 is 0 Å². The molecule has 0 radical (unpaired) electrons. The van der Waals surface area contributed by atoms with Crippen LogP contribution in [0.2, 0.25) is 19.1 Å². The molecule has 0 N–H and O–H groups in total. The summed E-state index contributed by atoms with van der Waals surface area (Å²) >= 11 is 0. The quantitative estimate of drug-likeness (QED) is 0.336. The summed E-state index contributed by atoms with van der Waals surface area (Å²) in [5.41, 5.74) is 0. The molecule has 0 nitrogen and oxygen atoms in total. The van der Waals surface area contributed by atoms with Crippen LogP contribution in [0.1, 0.15) is 6.92 Å². The van der Waals surface area contributed by atoms with Crippen molar-refractivity contribution in [3.05, 3.63) is 54.6 Å². The second-order valence-electron chi connectivity index (χ2n) is 6.71. The Bertz CT molecular complexity index is 934. The summed E-state index contributed by atoms with van der Waals surface area (Å²) in [6, 6.07) is 21.8. The van der Waals surface area contributed by atoms with Crippen LogP contribution in [-0.4, -0.2) is 8.07 Å². The molecule has 0 aliphatic carbocycles. The minimum absolute atomic E-state index is 1.29. The Morgan fingerprint density at radius 1 is 0.714 bits per heavy atom. The third-order valence-corrected chi connectivity index (χ3v) is 8.80. The predicted octanol–water partition coefficient (Wildman–Crippen LogP) is 5.52. The molecule has 0 saturated heterocycles. The second-order valence-corrected chi connectivity index (χ2v) is 11.7. The highest BCUT2D eigenvalue weighted by Gasteiger charge is 2.24. The van der Waals surface area contributed by atoms with Crippen molar-refractivity contribution in [3.8, 4) is 0 Å². The number of hydrogen-bond donors (Lipinski definition) is 0. The van der Waals surface area contributed by atoms with Crippen LogP contribution < -0.4 is 5.19 Å². The molecule has 0 bridgehead atoms. The van der Waals surface area contributed by atoms with Crippen molar-refractivity contribution in [2.45, 2.75) is 26.1 Å². The Kier molecular flexibility index (Phi) is 2.64. The number of benzene rings is 4. The van der Waals surface area contributed by atoms with Gasteiger partial charge in [-0.3, -0.25) is 0 Å². The first-order valence-electron chi connectivity index (χ1n) is 7.79. The Morgan fingerprint density at radius 3 is 1.95 bits per heavy atom. The first-order valence-corrected chi connectivity index (χ1v) is 11.0. The largest absolute Gasteiger partial charge is 0.0811 e. The standard InChI is InChI=1S/C20H20Si/c1-4-21(2,3)18-13-11-16-9-8-14-6-5-7-15-10-12-17(18)20(16)19(14)15/h5-13H,4H2,1-3H3. The van der Waals surface area contributed by atoms with Gasteiger partial charge in [0, 0.05) is 0 Å². The lowest BCUT2D eigenvalue weighted by molar-refractivity contribution is 1.38. The third-order valence-electron chi connectivity index (χ3n) is 5.14. The van der Waals surface area contributed by atoms with Gasteiger partial charge in [-0.25, -0.2) is 0 Å². The minimum atomic E-state index is -1.35. The molecule has 0 saturated carbocycles. The Hall–Kier alpha value is -1.86. The maximum Gasteiger partial charge on any atom is 0.0811 e. The minimum Gasteiger partial charge on any atom is -0.0675 e. The van der Waals surface area contributed by atoms with Gasteiger partial charge in [-0.15, -0.1) is 0 Å². The van der Waals surface area contributed by atoms with Crippen LogP contribution in [0.25, 0.3) is 32.3 Å². The van der Waals surface area contributed by atoms with Crippen molar-refractivity contribution in [2.24, 2.45) is 0 Å². The van der Waals surface area contributed by atoms with Gasteiger partial charge < -0.3 is 0 Å². The molecule has 0 atom stereocenters. The van der Waals surface area contributed by atoms with Gasteiger partial charge in [0.15, 0.2) is 0 Å². The molecule has 0 fully saturated rings. The molecular weight excluding hydrogens is 268 g/mol. The summed E-state index contributed by atoms with van der Waals surface area (Å²) in [5.74, 6) is 0. The fourth-order valence-electron chi connectivity index (χ4n) is 3.52. The molecule has 104 valence electrons. The molecule has 1 heteroatoms. The number of rotatable bonds is 2. The summed E-state index contributed by atoms with van der Waals surface area (Å²) in [6.45, 7) is 7.31. The zero-order valence-corrected chi connectivity index (χ0v) is 13.9. The molecule has 0 aliphatic rings. The summed E-state index contributed by atoms with van der Waals surface area (Å²) in [4.78, 5) is 0. The normalized spacial score (nSPS) is 12.7. The highest BCUT2D eigenvalue weighted by molar-refractivity contribution is 6.91. The van der Waals surface area contributed by atoms with Gasteiger partial charge in [-0.2, -0.15) is 0 Å². The lowest BCUT2D eigenvalue weighted by atomic mass is 9.94. The van der Waals surface area contributed by atoms with Gasteiger partial charge in [0.05, 0.1) is 8.07 Å². The van der Waals surface area contributed by atoms with Crippen LogP contribution in [0.3, 0.4) is 0 Å². The maximum absolute atomic E-state index is 2.49. The zero-order chi connectivity index (χ0) is 14.6. The molecule has 4 aromatic rings. The first kappa shape index (κ1) is 12.8. The van der Waals surface area contributed by atoms with E-state index in [0.717, 1.165) is 0 Å². The van der Waals surface area contributed by atoms with Crippen molar-refractivity contribution in [2.75, 3.05) is 0 Å². The monoisotopic (exact) mass is 288 g/mol. The van der Waals surface area contributed by atoms with E-state index in [2.05, 4.69) is 74.6 Å². The molecular formula is C20H20Si. The van der Waals surface area contributed by atoms with Crippen LogP contribution in [0.15, 0.2) is 54.6 Å². The van der Waals surface area contributed by atoms with Gasteiger partial charge in [0.1, 0.15) is 0 Å². The second kappa shape index (κ2) is 4.31. The molecule has 0 amide bonds. The van der Waals surface area contributed by atoms with Gasteiger partial charge >= 0.3 is 0 Å². The molecule has 0 spiro atoms. The van der Waals surface area contributed by atoms with Crippen molar-refractivity contribution < 1.29 is 0 Å². The van der Waals surface area contributed by atoms with E-state index in [1.54, 1.807) is 5.19 Å². The lowest BCUT2D eigenvalue weighted by Gasteiger charge is -2.24. The molecule has 0 unspecified atom stereocenters. The third kappa shape index (κ3) is 1.74. The summed E-state index contributed by atoms with van der Waals surface area (Å²) in [5, 5.41) is 10.1. The Balaban J connectivity index is 2.26. The molecule has 0 aliphatic heterocycles. The van der Waals surface area contributed by atoms with Crippen molar-refractivity contribution in [1.29, 1.82) is 0 Å². The molecule has 21 heavy (non-hydrogen) atoms. The van der Waals surface area contributed by atoms with E-state index in [9.17, 15) is 0 Å². The van der Waals surface area contributed by atoms with E-state index in [-0.39, 0.29) is 0 Å². The van der Waals surface area contributed by atoms with Gasteiger partial charge in [-0.05, 0) is 32.3 Å². The molecule has 0 aromatic heterocycles. The van der Waals surface area contributed by atoms with E-state index in [1.807, 2.05) is 0 Å². The highest BCUT2D eigenvalue weighted by atomic mass is 28.3. The molecule has 4 aromatic carbocycles. The average molecular weight is 288 g/mol. The maximum atomic E-state index is 2.49. The smallest absolute Gasteiger partial charge is 0.0675 e. The predicted molar refractivity (Wildman–Crippen MR) is 97.7 cm³/mol. The van der Waals surface area contributed by atoms with Crippen LogP contribution in [0, 0.1) is 0 Å². The van der Waals surface area contributed by atoms with Crippen molar-refractivity contribution >= 4 is 45.6 Å².